The van der Waals surface area contributed by atoms with Crippen LogP contribution in [0.5, 0.6) is 0 Å². The average molecular weight is 401 g/mol. The summed E-state index contributed by atoms with van der Waals surface area (Å²) in [6, 6.07) is 17.2. The van der Waals surface area contributed by atoms with Gasteiger partial charge in [-0.05, 0) is 28.7 Å². The van der Waals surface area contributed by atoms with Gasteiger partial charge in [-0.2, -0.15) is 3.89 Å². The van der Waals surface area contributed by atoms with Gasteiger partial charge in [-0.15, -0.1) is 0 Å². The zero-order valence-electron chi connectivity index (χ0n) is 17.9. The molecule has 0 aliphatic heterocycles. The van der Waals surface area contributed by atoms with Gasteiger partial charge in [0.1, 0.15) is 0 Å². The highest BCUT2D eigenvalue weighted by Crippen LogP contribution is 2.32. The molecule has 0 aliphatic carbocycles. The van der Waals surface area contributed by atoms with Crippen LogP contribution in [0.1, 0.15) is 52.0 Å². The number of unbranched alkanes of at least 4 members (excludes halogenated alkanes) is 1. The van der Waals surface area contributed by atoms with Crippen molar-refractivity contribution in [2.24, 2.45) is 7.05 Å². The van der Waals surface area contributed by atoms with Gasteiger partial charge in [0, 0.05) is 37.2 Å². The molecular formula is C24H33FN2S. The van der Waals surface area contributed by atoms with Crippen molar-refractivity contribution in [3.05, 3.63) is 66.6 Å². The molecule has 0 N–H and O–H groups in total. The summed E-state index contributed by atoms with van der Waals surface area (Å²) in [5, 5.41) is 0. The maximum absolute atomic E-state index is 10.2. The molecule has 0 saturated heterocycles. The molecule has 2 nitrogen and oxygen atoms in total. The number of aromatic nitrogens is 2. The minimum absolute atomic E-state index is 0.250. The van der Waals surface area contributed by atoms with Gasteiger partial charge in [0.25, 0.3) is 0 Å². The molecule has 0 atom stereocenters. The number of aryl methyl sites for hydroxylation is 1. The summed E-state index contributed by atoms with van der Waals surface area (Å²) in [4.78, 5) is 4.53. The maximum atomic E-state index is 10.2. The Hall–Kier alpha value is -2.07. The summed E-state index contributed by atoms with van der Waals surface area (Å²) in [6.45, 7) is 8.81. The summed E-state index contributed by atoms with van der Waals surface area (Å²) in [7, 11) is 2.01. The van der Waals surface area contributed by atoms with E-state index in [0.29, 0.717) is 5.92 Å². The highest BCUT2D eigenvalue weighted by Gasteiger charge is 2.12. The molecule has 3 rings (SSSR count). The number of nitrogens with zero attached hydrogens (tertiary/aromatic N) is 2. The summed E-state index contributed by atoms with van der Waals surface area (Å²) in [5.74, 6) is 0.479. The van der Waals surface area contributed by atoms with E-state index in [9.17, 15) is 3.89 Å². The molecule has 0 saturated carbocycles. The van der Waals surface area contributed by atoms with Crippen LogP contribution in [0, 0.1) is 0 Å². The first kappa shape index (κ1) is 24.0. The molecule has 152 valence electrons. The highest BCUT2D eigenvalue weighted by molar-refractivity contribution is 7.93. The van der Waals surface area contributed by atoms with Gasteiger partial charge in [0.15, 0.2) is 0 Å². The molecule has 1 heterocycles. The molecule has 1 aromatic heterocycles. The third-order valence-electron chi connectivity index (χ3n) is 4.26. The van der Waals surface area contributed by atoms with Crippen LogP contribution in [0.25, 0.3) is 22.4 Å². The quantitative estimate of drug-likeness (QED) is 0.442. The Morgan fingerprint density at radius 1 is 1.00 bits per heavy atom. The predicted octanol–water partition coefficient (Wildman–Crippen LogP) is 7.92. The van der Waals surface area contributed by atoms with Gasteiger partial charge in [-0.1, -0.05) is 83.0 Å². The minimum Gasteiger partial charge on any atom is -0.340 e. The van der Waals surface area contributed by atoms with Gasteiger partial charge in [0.2, 0.25) is 0 Å². The van der Waals surface area contributed by atoms with Crippen molar-refractivity contribution in [3.63, 3.8) is 0 Å². The second-order valence-corrected chi connectivity index (χ2v) is 7.21. The number of imidazole rings is 1. The number of hydrogen-bond acceptors (Lipinski definition) is 2. The van der Waals surface area contributed by atoms with E-state index in [-0.39, 0.29) is 12.1 Å². The van der Waals surface area contributed by atoms with Crippen molar-refractivity contribution >= 4 is 12.1 Å². The molecular weight excluding hydrogens is 367 g/mol. The van der Waals surface area contributed by atoms with Crippen LogP contribution < -0.4 is 0 Å². The van der Waals surface area contributed by atoms with Crippen molar-refractivity contribution in [1.82, 2.24) is 9.55 Å². The second kappa shape index (κ2) is 13.2. The molecule has 3 aromatic rings. The van der Waals surface area contributed by atoms with Crippen LogP contribution in [-0.4, -0.2) is 15.8 Å². The Kier molecular flexibility index (Phi) is 11.3. The van der Waals surface area contributed by atoms with E-state index in [1.807, 2.05) is 24.0 Å². The molecule has 0 amide bonds. The summed E-state index contributed by atoms with van der Waals surface area (Å²) in [5.41, 5.74) is 6.09. The SMILES string of the molecule is CC(C)c1ccc(-c2ccccc2)cc1-c1cn(C)cn1.CCCC.CSF. The lowest BCUT2D eigenvalue weighted by Crippen LogP contribution is -1.94. The van der Waals surface area contributed by atoms with Gasteiger partial charge in [-0.25, -0.2) is 4.98 Å². The van der Waals surface area contributed by atoms with E-state index in [0.717, 1.165) is 5.69 Å². The Morgan fingerprint density at radius 2 is 1.61 bits per heavy atom. The fraction of sp³-hybridized carbons (Fsp3) is 0.375. The van der Waals surface area contributed by atoms with Crippen LogP contribution in [0.4, 0.5) is 3.89 Å². The van der Waals surface area contributed by atoms with Crippen LogP contribution in [0.2, 0.25) is 0 Å². The average Bonchev–Trinajstić information content (AvgIpc) is 3.15. The van der Waals surface area contributed by atoms with E-state index in [1.165, 1.54) is 41.4 Å². The fourth-order valence-electron chi connectivity index (χ4n) is 2.64. The van der Waals surface area contributed by atoms with Gasteiger partial charge in [0.05, 0.1) is 12.0 Å². The molecule has 4 heteroatoms. The van der Waals surface area contributed by atoms with Crippen molar-refractivity contribution in [2.75, 3.05) is 6.26 Å². The largest absolute Gasteiger partial charge is 0.340 e. The molecule has 0 fully saturated rings. The third kappa shape index (κ3) is 7.51. The number of rotatable bonds is 4. The molecule has 0 unspecified atom stereocenters. The van der Waals surface area contributed by atoms with E-state index < -0.39 is 0 Å². The summed E-state index contributed by atoms with van der Waals surface area (Å²) < 4.78 is 12.2. The maximum Gasteiger partial charge on any atom is 0.0951 e. The monoisotopic (exact) mass is 400 g/mol. The summed E-state index contributed by atoms with van der Waals surface area (Å²) >= 11 is 0.250. The number of hydrogen-bond donors (Lipinski definition) is 0. The molecule has 0 radical (unpaired) electrons. The first-order valence-corrected chi connectivity index (χ1v) is 10.9. The van der Waals surface area contributed by atoms with Crippen LogP contribution >= 0.6 is 12.1 Å². The molecule has 0 aliphatic rings. The Labute approximate surface area is 174 Å². The minimum atomic E-state index is 0.250. The van der Waals surface area contributed by atoms with Crippen molar-refractivity contribution in [2.45, 2.75) is 46.5 Å². The van der Waals surface area contributed by atoms with Crippen LogP contribution in [-0.2, 0) is 7.05 Å². The lowest BCUT2D eigenvalue weighted by atomic mass is 9.92. The first-order chi connectivity index (χ1) is 13.5. The normalized spacial score (nSPS) is 10.0. The third-order valence-corrected chi connectivity index (χ3v) is 4.26. The van der Waals surface area contributed by atoms with Gasteiger partial charge >= 0.3 is 0 Å². The fourth-order valence-corrected chi connectivity index (χ4v) is 2.64. The first-order valence-electron chi connectivity index (χ1n) is 9.80. The van der Waals surface area contributed by atoms with E-state index in [2.05, 4.69) is 81.3 Å². The van der Waals surface area contributed by atoms with Gasteiger partial charge in [-0.3, -0.25) is 0 Å². The molecule has 0 spiro atoms. The van der Waals surface area contributed by atoms with Crippen molar-refractivity contribution in [1.29, 1.82) is 0 Å². The topological polar surface area (TPSA) is 17.8 Å². The molecule has 0 bridgehead atoms. The summed E-state index contributed by atoms with van der Waals surface area (Å²) in [6.07, 6.45) is 7.95. The zero-order chi connectivity index (χ0) is 20.9. The predicted molar refractivity (Wildman–Crippen MR) is 123 cm³/mol. The van der Waals surface area contributed by atoms with Gasteiger partial charge < -0.3 is 4.57 Å². The molecule has 2 aromatic carbocycles. The highest BCUT2D eigenvalue weighted by atomic mass is 32.2. The van der Waals surface area contributed by atoms with E-state index in [1.54, 1.807) is 0 Å². The van der Waals surface area contributed by atoms with Crippen LogP contribution in [0.3, 0.4) is 0 Å². The van der Waals surface area contributed by atoms with E-state index >= 15 is 0 Å². The standard InChI is InChI=1S/C19H20N2.C4H10.CH3FS/c1-14(2)17-10-9-16(15-7-5-4-6-8-15)11-18(17)19-12-21(3)13-20-19;1-3-4-2;1-3-2/h4-14H,1-3H3;3-4H2,1-2H3;1H3. The number of benzene rings is 2. The smallest absolute Gasteiger partial charge is 0.0951 e. The lowest BCUT2D eigenvalue weighted by Gasteiger charge is -2.13. The Bertz CT molecular complexity index is 795. The molecule has 28 heavy (non-hydrogen) atoms. The zero-order valence-corrected chi connectivity index (χ0v) is 18.8. The second-order valence-electron chi connectivity index (χ2n) is 6.90. The Morgan fingerprint density at radius 3 is 2.07 bits per heavy atom. The lowest BCUT2D eigenvalue weighted by molar-refractivity contribution is 0.868. The van der Waals surface area contributed by atoms with Crippen molar-refractivity contribution < 1.29 is 3.89 Å². The van der Waals surface area contributed by atoms with E-state index in [4.69, 9.17) is 0 Å². The Balaban J connectivity index is 0.000000489. The van der Waals surface area contributed by atoms with Crippen molar-refractivity contribution in [3.8, 4) is 22.4 Å². The number of halogens is 1. The van der Waals surface area contributed by atoms with Crippen LogP contribution in [0.15, 0.2) is 61.1 Å².